The smallest absolute Gasteiger partial charge is 0.169 e. The van der Waals surface area contributed by atoms with Crippen molar-refractivity contribution >= 4 is 28.7 Å². The van der Waals surface area contributed by atoms with Crippen LogP contribution in [0.25, 0.3) is 16.6 Å². The Morgan fingerprint density at radius 1 is 1.27 bits per heavy atom. The maximum absolute atomic E-state index is 9.57. The van der Waals surface area contributed by atoms with Gasteiger partial charge in [-0.15, -0.1) is 0 Å². The van der Waals surface area contributed by atoms with E-state index in [1.54, 1.807) is 16.9 Å². The molecule has 5 rings (SSSR count). The normalized spacial score (nSPS) is 16.7. The number of piperazine rings is 1. The standard InChI is InChI=1S/C28H33N7OS/c1-3-36-24-14-25(27-23(15-29)18-32-35(27)19-24)22-8-9-26(30-17-22)33-10-12-34(13-11-33)28(37)31-16-20(2)4-5-21-6-7-21/h4-5,8-9,14,17-21H,3,6-7,10-13,16H2,1-2H3,(H,31,37)/b5-4+. The fourth-order valence-corrected chi connectivity index (χ4v) is 4.85. The average Bonchev–Trinajstić information content (AvgIpc) is 3.68. The lowest BCUT2D eigenvalue weighted by atomic mass is 10.1. The number of rotatable bonds is 8. The van der Waals surface area contributed by atoms with Gasteiger partial charge in [-0.05, 0) is 62.0 Å². The van der Waals surface area contributed by atoms with Crippen LogP contribution in [-0.2, 0) is 0 Å². The van der Waals surface area contributed by atoms with Crippen LogP contribution in [0.2, 0.25) is 0 Å². The van der Waals surface area contributed by atoms with Gasteiger partial charge in [0, 0.05) is 50.0 Å². The third-order valence-electron chi connectivity index (χ3n) is 6.88. The molecule has 1 aliphatic heterocycles. The Kier molecular flexibility index (Phi) is 7.56. The summed E-state index contributed by atoms with van der Waals surface area (Å²) in [5.41, 5.74) is 3.08. The van der Waals surface area contributed by atoms with Crippen LogP contribution in [0.1, 0.15) is 32.3 Å². The Bertz CT molecular complexity index is 1310. The summed E-state index contributed by atoms with van der Waals surface area (Å²) in [5, 5.41) is 18.2. The van der Waals surface area contributed by atoms with Gasteiger partial charge in [-0.1, -0.05) is 19.1 Å². The first-order valence-electron chi connectivity index (χ1n) is 13.0. The first kappa shape index (κ1) is 25.0. The fourth-order valence-electron chi connectivity index (χ4n) is 4.58. The second-order valence-corrected chi connectivity index (χ2v) is 10.1. The molecule has 192 valence electrons. The van der Waals surface area contributed by atoms with Gasteiger partial charge in [0.05, 0.1) is 30.1 Å². The number of fused-ring (bicyclic) bond motifs is 1. The molecular weight excluding hydrogens is 482 g/mol. The molecule has 0 aromatic carbocycles. The number of nitriles is 1. The molecule has 3 aromatic heterocycles. The van der Waals surface area contributed by atoms with E-state index in [1.165, 1.54) is 12.8 Å². The number of thiocarbonyl (C=S) groups is 1. The molecule has 0 spiro atoms. The molecule has 3 aromatic rings. The number of pyridine rings is 2. The highest BCUT2D eigenvalue weighted by molar-refractivity contribution is 7.80. The topological polar surface area (TPSA) is 81.7 Å². The lowest BCUT2D eigenvalue weighted by Crippen LogP contribution is -2.52. The van der Waals surface area contributed by atoms with Crippen molar-refractivity contribution < 1.29 is 4.74 Å². The first-order chi connectivity index (χ1) is 18.1. The fraction of sp³-hybridized carbons (Fsp3) is 0.429. The number of nitrogens with one attached hydrogen (secondary N) is 1. The molecular formula is C28H33N7OS. The van der Waals surface area contributed by atoms with Gasteiger partial charge < -0.3 is 19.9 Å². The number of hydrogen-bond acceptors (Lipinski definition) is 6. The Hall–Kier alpha value is -3.64. The second-order valence-electron chi connectivity index (χ2n) is 9.75. The predicted octanol–water partition coefficient (Wildman–Crippen LogP) is 4.27. The summed E-state index contributed by atoms with van der Waals surface area (Å²) in [5.74, 6) is 2.93. The van der Waals surface area contributed by atoms with Gasteiger partial charge in [-0.25, -0.2) is 9.50 Å². The summed E-state index contributed by atoms with van der Waals surface area (Å²) in [4.78, 5) is 9.30. The Morgan fingerprint density at radius 3 is 2.76 bits per heavy atom. The third kappa shape index (κ3) is 5.86. The quantitative estimate of drug-likeness (QED) is 0.352. The Morgan fingerprint density at radius 2 is 2.08 bits per heavy atom. The number of hydrogen-bond donors (Lipinski definition) is 1. The maximum Gasteiger partial charge on any atom is 0.169 e. The molecule has 1 aliphatic carbocycles. The Balaban J connectivity index is 1.21. The van der Waals surface area contributed by atoms with E-state index in [0.29, 0.717) is 23.8 Å². The van der Waals surface area contributed by atoms with Gasteiger partial charge in [0.25, 0.3) is 0 Å². The summed E-state index contributed by atoms with van der Waals surface area (Å²) in [7, 11) is 0. The van der Waals surface area contributed by atoms with Crippen LogP contribution in [0, 0.1) is 23.2 Å². The van der Waals surface area contributed by atoms with E-state index in [1.807, 2.05) is 25.3 Å². The molecule has 1 atom stereocenters. The summed E-state index contributed by atoms with van der Waals surface area (Å²) in [6.45, 7) is 9.03. The van der Waals surface area contributed by atoms with Gasteiger partial charge in [0.2, 0.25) is 0 Å². The second kappa shape index (κ2) is 11.2. The highest BCUT2D eigenvalue weighted by Crippen LogP contribution is 2.32. The maximum atomic E-state index is 9.57. The minimum Gasteiger partial charge on any atom is -0.492 e. The molecule has 2 fully saturated rings. The molecule has 4 heterocycles. The molecule has 8 nitrogen and oxygen atoms in total. The number of anilines is 1. The molecule has 37 heavy (non-hydrogen) atoms. The van der Waals surface area contributed by atoms with E-state index < -0.39 is 0 Å². The molecule has 2 aliphatic rings. The van der Waals surface area contributed by atoms with Crippen LogP contribution >= 0.6 is 12.2 Å². The van der Waals surface area contributed by atoms with E-state index in [9.17, 15) is 5.26 Å². The average molecular weight is 516 g/mol. The molecule has 9 heteroatoms. The summed E-state index contributed by atoms with van der Waals surface area (Å²) < 4.78 is 7.43. The van der Waals surface area contributed by atoms with Gasteiger partial charge in [0.1, 0.15) is 17.6 Å². The van der Waals surface area contributed by atoms with E-state index in [0.717, 1.165) is 66.2 Å². The molecule has 1 saturated heterocycles. The van der Waals surface area contributed by atoms with Crippen LogP contribution in [0.15, 0.2) is 48.9 Å². The molecule has 1 N–H and O–H groups in total. The van der Waals surface area contributed by atoms with Crippen molar-refractivity contribution in [3.63, 3.8) is 0 Å². The van der Waals surface area contributed by atoms with Crippen molar-refractivity contribution in [3.8, 4) is 22.9 Å². The van der Waals surface area contributed by atoms with E-state index in [2.05, 4.69) is 51.4 Å². The largest absolute Gasteiger partial charge is 0.492 e. The molecule has 0 amide bonds. The zero-order valence-electron chi connectivity index (χ0n) is 21.4. The van der Waals surface area contributed by atoms with Gasteiger partial charge >= 0.3 is 0 Å². The number of aromatic nitrogens is 3. The lowest BCUT2D eigenvalue weighted by Gasteiger charge is -2.37. The minimum absolute atomic E-state index is 0.477. The van der Waals surface area contributed by atoms with Crippen molar-refractivity contribution in [2.24, 2.45) is 11.8 Å². The van der Waals surface area contributed by atoms with Crippen molar-refractivity contribution in [2.75, 3.05) is 44.2 Å². The van der Waals surface area contributed by atoms with E-state index >= 15 is 0 Å². The highest BCUT2D eigenvalue weighted by atomic mass is 32.1. The summed E-state index contributed by atoms with van der Waals surface area (Å²) in [6.07, 6.45) is 12.6. The van der Waals surface area contributed by atoms with Gasteiger partial charge in [0.15, 0.2) is 5.11 Å². The number of nitrogens with zero attached hydrogens (tertiary/aromatic N) is 6. The predicted molar refractivity (Wildman–Crippen MR) is 150 cm³/mol. The van der Waals surface area contributed by atoms with E-state index in [-0.39, 0.29) is 0 Å². The van der Waals surface area contributed by atoms with Crippen molar-refractivity contribution in [2.45, 2.75) is 26.7 Å². The Labute approximate surface area is 223 Å². The SMILES string of the molecule is CCOc1cc(-c2ccc(N3CCN(C(=S)NCC(C)/C=C/C4CC4)CC3)nc2)c2c(C#N)cnn2c1. The van der Waals surface area contributed by atoms with Crippen molar-refractivity contribution in [3.05, 3.63) is 54.5 Å². The summed E-state index contributed by atoms with van der Waals surface area (Å²) >= 11 is 5.66. The van der Waals surface area contributed by atoms with Gasteiger partial charge in [-0.3, -0.25) is 0 Å². The number of allylic oxidation sites excluding steroid dienone is 1. The zero-order valence-corrected chi connectivity index (χ0v) is 22.2. The third-order valence-corrected chi connectivity index (χ3v) is 7.28. The van der Waals surface area contributed by atoms with Crippen LogP contribution in [0.4, 0.5) is 5.82 Å². The molecule has 0 radical (unpaired) electrons. The summed E-state index contributed by atoms with van der Waals surface area (Å²) in [6, 6.07) is 8.29. The van der Waals surface area contributed by atoms with Crippen LogP contribution in [0.3, 0.4) is 0 Å². The minimum atomic E-state index is 0.477. The molecule has 0 bridgehead atoms. The first-order valence-corrected chi connectivity index (χ1v) is 13.4. The van der Waals surface area contributed by atoms with Crippen LogP contribution in [-0.4, -0.2) is 63.9 Å². The monoisotopic (exact) mass is 515 g/mol. The van der Waals surface area contributed by atoms with Crippen molar-refractivity contribution in [1.82, 2.24) is 24.8 Å². The number of ether oxygens (including phenoxy) is 1. The van der Waals surface area contributed by atoms with Gasteiger partial charge in [-0.2, -0.15) is 10.4 Å². The van der Waals surface area contributed by atoms with Crippen LogP contribution < -0.4 is 15.0 Å². The van der Waals surface area contributed by atoms with Crippen LogP contribution in [0.5, 0.6) is 5.75 Å². The van der Waals surface area contributed by atoms with E-state index in [4.69, 9.17) is 21.9 Å². The lowest BCUT2D eigenvalue weighted by molar-refractivity contribution is 0.338. The highest BCUT2D eigenvalue weighted by Gasteiger charge is 2.21. The van der Waals surface area contributed by atoms with Crippen molar-refractivity contribution in [1.29, 1.82) is 5.26 Å². The zero-order chi connectivity index (χ0) is 25.8. The molecule has 1 unspecified atom stereocenters. The molecule has 1 saturated carbocycles.